The van der Waals surface area contributed by atoms with Gasteiger partial charge in [0.2, 0.25) is 0 Å². The van der Waals surface area contributed by atoms with E-state index in [-0.39, 0.29) is 0 Å². The summed E-state index contributed by atoms with van der Waals surface area (Å²) in [6.45, 7) is 4.34. The number of ether oxygens (including phenoxy) is 1. The van der Waals surface area contributed by atoms with Crippen LogP contribution in [0.5, 0.6) is 0 Å². The smallest absolute Gasteiger partial charge is 0.405 e. The van der Waals surface area contributed by atoms with Gasteiger partial charge in [0.15, 0.2) is 0 Å². The predicted octanol–water partition coefficient (Wildman–Crippen LogP) is 1.54. The van der Waals surface area contributed by atoms with E-state index in [2.05, 4.69) is 15.3 Å². The van der Waals surface area contributed by atoms with Crippen LogP contribution in [0.15, 0.2) is 12.4 Å². The minimum absolute atomic E-state index is 0.485. The Balaban J connectivity index is 1.85. The highest BCUT2D eigenvalue weighted by Crippen LogP contribution is 2.18. The molecule has 6 nitrogen and oxygen atoms in total. The summed E-state index contributed by atoms with van der Waals surface area (Å²) in [6.07, 6.45) is 7.03. The van der Waals surface area contributed by atoms with Crippen molar-refractivity contribution in [1.82, 2.24) is 15.3 Å². The number of hydrogen-bond donors (Lipinski definition) is 2. The van der Waals surface area contributed by atoms with Crippen molar-refractivity contribution in [2.45, 2.75) is 57.7 Å². The van der Waals surface area contributed by atoms with Crippen LogP contribution in [0, 0.1) is 0 Å². The Hall–Kier alpha value is -1.69. The van der Waals surface area contributed by atoms with E-state index in [9.17, 15) is 4.79 Å². The Kier molecular flexibility index (Phi) is 4.54. The molecule has 1 amide bonds. The van der Waals surface area contributed by atoms with Crippen LogP contribution in [0.25, 0.3) is 0 Å². The number of carbonyl (C=O) groups excluding carboxylic acids is 1. The van der Waals surface area contributed by atoms with Crippen molar-refractivity contribution in [2.24, 2.45) is 5.73 Å². The third-order valence-corrected chi connectivity index (χ3v) is 3.42. The van der Waals surface area contributed by atoms with Crippen LogP contribution in [0.2, 0.25) is 0 Å². The fourth-order valence-electron chi connectivity index (χ4n) is 2.17. The second-order valence-corrected chi connectivity index (χ2v) is 5.87. The van der Waals surface area contributed by atoms with Gasteiger partial charge in [0.1, 0.15) is 5.60 Å². The van der Waals surface area contributed by atoms with Crippen molar-refractivity contribution in [3.8, 4) is 0 Å². The Labute approximate surface area is 119 Å². The second kappa shape index (κ2) is 6.17. The maximum atomic E-state index is 10.8. The van der Waals surface area contributed by atoms with E-state index in [0.29, 0.717) is 12.5 Å². The van der Waals surface area contributed by atoms with Gasteiger partial charge in [-0.05, 0) is 26.7 Å². The molecule has 0 spiro atoms. The number of amides is 1. The Bertz CT molecular complexity index is 455. The first-order chi connectivity index (χ1) is 9.44. The molecule has 110 valence electrons. The first-order valence-corrected chi connectivity index (χ1v) is 6.96. The lowest BCUT2D eigenvalue weighted by Crippen LogP contribution is -2.35. The maximum absolute atomic E-state index is 10.8. The van der Waals surface area contributed by atoms with E-state index in [0.717, 1.165) is 17.9 Å². The third kappa shape index (κ3) is 4.45. The molecule has 1 aliphatic carbocycles. The van der Waals surface area contributed by atoms with Gasteiger partial charge in [0.25, 0.3) is 0 Å². The molecule has 3 N–H and O–H groups in total. The van der Waals surface area contributed by atoms with Crippen LogP contribution in [0.1, 0.15) is 44.5 Å². The lowest BCUT2D eigenvalue weighted by molar-refractivity contribution is 0.0453. The average molecular weight is 278 g/mol. The van der Waals surface area contributed by atoms with Crippen LogP contribution in [0.4, 0.5) is 4.79 Å². The quantitative estimate of drug-likeness (QED) is 0.823. The first-order valence-electron chi connectivity index (χ1n) is 6.96. The topological polar surface area (TPSA) is 90.1 Å². The minimum atomic E-state index is -0.774. The summed E-state index contributed by atoms with van der Waals surface area (Å²) in [6, 6.07) is 0.638. The molecular weight excluding hydrogens is 256 g/mol. The molecule has 1 aromatic rings. The van der Waals surface area contributed by atoms with Crippen molar-refractivity contribution in [3.63, 3.8) is 0 Å². The molecule has 0 unspecified atom stereocenters. The standard InChI is InChI=1S/C14H22N4O2/c1-14(2,20-13(15)19)6-11-7-18-12(9-17-11)8-16-10-4-3-5-10/h7,9-10,16H,3-6,8H2,1-2H3,(H2,15,19). The van der Waals surface area contributed by atoms with Crippen molar-refractivity contribution in [2.75, 3.05) is 0 Å². The Morgan fingerprint density at radius 1 is 1.40 bits per heavy atom. The third-order valence-electron chi connectivity index (χ3n) is 3.42. The summed E-state index contributed by atoms with van der Waals surface area (Å²) < 4.78 is 5.03. The fraction of sp³-hybridized carbons (Fsp3) is 0.643. The number of primary amides is 1. The van der Waals surface area contributed by atoms with Gasteiger partial charge < -0.3 is 15.8 Å². The zero-order valence-corrected chi connectivity index (χ0v) is 12.1. The largest absolute Gasteiger partial charge is 0.443 e. The lowest BCUT2D eigenvalue weighted by Gasteiger charge is -2.26. The van der Waals surface area contributed by atoms with Gasteiger partial charge in [-0.15, -0.1) is 0 Å². The molecule has 0 aliphatic heterocycles. The number of rotatable bonds is 6. The summed E-state index contributed by atoms with van der Waals surface area (Å²) in [4.78, 5) is 19.5. The van der Waals surface area contributed by atoms with Gasteiger partial charge in [-0.1, -0.05) is 6.42 Å². The summed E-state index contributed by atoms with van der Waals surface area (Å²) in [5.74, 6) is 0. The van der Waals surface area contributed by atoms with Crippen molar-refractivity contribution >= 4 is 6.09 Å². The summed E-state index contributed by atoms with van der Waals surface area (Å²) in [7, 11) is 0. The SMILES string of the molecule is CC(C)(Cc1cnc(CNC2CCC2)cn1)OC(N)=O. The highest BCUT2D eigenvalue weighted by atomic mass is 16.6. The average Bonchev–Trinajstić information content (AvgIpc) is 2.27. The van der Waals surface area contributed by atoms with Gasteiger partial charge in [-0.25, -0.2) is 4.79 Å². The minimum Gasteiger partial charge on any atom is -0.443 e. The van der Waals surface area contributed by atoms with Crippen molar-refractivity contribution < 1.29 is 9.53 Å². The molecule has 2 rings (SSSR count). The molecule has 0 saturated heterocycles. The molecule has 6 heteroatoms. The molecule has 1 heterocycles. The normalized spacial score (nSPS) is 15.7. The van der Waals surface area contributed by atoms with Gasteiger partial charge >= 0.3 is 6.09 Å². The van der Waals surface area contributed by atoms with Crippen LogP contribution in [-0.4, -0.2) is 27.7 Å². The van der Waals surface area contributed by atoms with E-state index >= 15 is 0 Å². The summed E-state index contributed by atoms with van der Waals surface area (Å²) in [5, 5.41) is 3.44. The van der Waals surface area contributed by atoms with E-state index in [1.54, 1.807) is 26.2 Å². The first kappa shape index (κ1) is 14.7. The molecule has 1 fully saturated rings. The molecule has 1 aromatic heterocycles. The van der Waals surface area contributed by atoms with Crippen LogP contribution >= 0.6 is 0 Å². The highest BCUT2D eigenvalue weighted by molar-refractivity contribution is 5.65. The van der Waals surface area contributed by atoms with E-state index in [1.165, 1.54) is 19.3 Å². The molecule has 0 aromatic carbocycles. The summed E-state index contributed by atoms with van der Waals surface area (Å²) in [5.41, 5.74) is 6.07. The number of hydrogen-bond acceptors (Lipinski definition) is 5. The summed E-state index contributed by atoms with van der Waals surface area (Å²) >= 11 is 0. The van der Waals surface area contributed by atoms with Crippen LogP contribution in [-0.2, 0) is 17.7 Å². The Morgan fingerprint density at radius 2 is 2.05 bits per heavy atom. The zero-order chi connectivity index (χ0) is 14.6. The Morgan fingerprint density at radius 3 is 2.55 bits per heavy atom. The number of nitrogens with two attached hydrogens (primary N) is 1. The van der Waals surface area contributed by atoms with E-state index < -0.39 is 11.7 Å². The van der Waals surface area contributed by atoms with Crippen molar-refractivity contribution in [1.29, 1.82) is 0 Å². The van der Waals surface area contributed by atoms with Crippen LogP contribution < -0.4 is 11.1 Å². The van der Waals surface area contributed by atoms with Gasteiger partial charge in [0, 0.05) is 25.2 Å². The molecule has 1 saturated carbocycles. The molecule has 0 atom stereocenters. The predicted molar refractivity (Wildman–Crippen MR) is 75.0 cm³/mol. The molecule has 20 heavy (non-hydrogen) atoms. The lowest BCUT2D eigenvalue weighted by atomic mass is 9.93. The number of nitrogens with one attached hydrogen (secondary N) is 1. The number of aromatic nitrogens is 2. The number of nitrogens with zero attached hydrogens (tertiary/aromatic N) is 2. The van der Waals surface area contributed by atoms with Crippen LogP contribution in [0.3, 0.4) is 0 Å². The molecule has 0 radical (unpaired) electrons. The second-order valence-electron chi connectivity index (χ2n) is 5.87. The van der Waals surface area contributed by atoms with E-state index in [4.69, 9.17) is 10.5 Å². The van der Waals surface area contributed by atoms with Gasteiger partial charge in [-0.3, -0.25) is 9.97 Å². The fourth-order valence-corrected chi connectivity index (χ4v) is 2.17. The molecular formula is C14H22N4O2. The highest BCUT2D eigenvalue weighted by Gasteiger charge is 2.23. The number of carbonyl (C=O) groups is 1. The molecule has 0 bridgehead atoms. The zero-order valence-electron chi connectivity index (χ0n) is 12.1. The van der Waals surface area contributed by atoms with Gasteiger partial charge in [-0.2, -0.15) is 0 Å². The van der Waals surface area contributed by atoms with Gasteiger partial charge in [0.05, 0.1) is 17.6 Å². The monoisotopic (exact) mass is 278 g/mol. The molecule has 1 aliphatic rings. The maximum Gasteiger partial charge on any atom is 0.405 e. The van der Waals surface area contributed by atoms with Crippen molar-refractivity contribution in [3.05, 3.63) is 23.8 Å². The van der Waals surface area contributed by atoms with E-state index in [1.807, 2.05) is 0 Å².